The van der Waals surface area contributed by atoms with E-state index in [1.807, 2.05) is 17.4 Å². The van der Waals surface area contributed by atoms with Gasteiger partial charge in [-0.15, -0.1) is 10.2 Å². The quantitative estimate of drug-likeness (QED) is 0.515. The molecule has 1 aromatic carbocycles. The molecule has 27 heavy (non-hydrogen) atoms. The summed E-state index contributed by atoms with van der Waals surface area (Å²) in [6, 6.07) is 8.90. The van der Waals surface area contributed by atoms with Gasteiger partial charge in [-0.3, -0.25) is 4.40 Å². The van der Waals surface area contributed by atoms with Crippen LogP contribution in [0.2, 0.25) is 0 Å². The van der Waals surface area contributed by atoms with E-state index in [-0.39, 0.29) is 5.97 Å². The van der Waals surface area contributed by atoms with Gasteiger partial charge < -0.3 is 9.47 Å². The van der Waals surface area contributed by atoms with Crippen molar-refractivity contribution in [3.05, 3.63) is 47.8 Å². The largest absolute Gasteiger partial charge is 0.480 e. The first-order valence-electron chi connectivity index (χ1n) is 8.46. The highest BCUT2D eigenvalue weighted by molar-refractivity contribution is 5.94. The van der Waals surface area contributed by atoms with Crippen molar-refractivity contribution in [2.24, 2.45) is 0 Å². The molecule has 0 N–H and O–H groups in total. The normalized spacial score (nSPS) is 11.1. The fraction of sp³-hybridized carbons (Fsp3) is 0.211. The van der Waals surface area contributed by atoms with Crippen LogP contribution in [0.5, 0.6) is 5.88 Å². The first kappa shape index (κ1) is 16.9. The summed E-state index contributed by atoms with van der Waals surface area (Å²) >= 11 is 0. The van der Waals surface area contributed by atoms with Crippen molar-refractivity contribution in [3.8, 4) is 17.3 Å². The van der Waals surface area contributed by atoms with Crippen LogP contribution >= 0.6 is 0 Å². The maximum atomic E-state index is 12.2. The molecule has 0 bridgehead atoms. The van der Waals surface area contributed by atoms with Crippen molar-refractivity contribution in [1.29, 1.82) is 0 Å². The second-order valence-corrected chi connectivity index (χ2v) is 5.86. The third-order valence-corrected chi connectivity index (χ3v) is 4.21. The molecule has 3 aromatic heterocycles. The van der Waals surface area contributed by atoms with Gasteiger partial charge in [0.25, 0.3) is 0 Å². The van der Waals surface area contributed by atoms with Crippen molar-refractivity contribution in [2.75, 3.05) is 13.7 Å². The minimum absolute atomic E-state index is 0.309. The van der Waals surface area contributed by atoms with Gasteiger partial charge in [0.1, 0.15) is 0 Å². The number of carbonyl (C=O) groups excluding carboxylic acids is 1. The predicted molar refractivity (Wildman–Crippen MR) is 98.8 cm³/mol. The number of aromatic nitrogens is 5. The zero-order valence-electron chi connectivity index (χ0n) is 15.1. The molecule has 0 atom stereocenters. The van der Waals surface area contributed by atoms with E-state index in [0.717, 1.165) is 11.2 Å². The Kier molecular flexibility index (Phi) is 4.15. The Morgan fingerprint density at radius 2 is 2.07 bits per heavy atom. The lowest BCUT2D eigenvalue weighted by atomic mass is 10.1. The maximum Gasteiger partial charge on any atom is 0.338 e. The van der Waals surface area contributed by atoms with E-state index in [1.165, 1.54) is 0 Å². The summed E-state index contributed by atoms with van der Waals surface area (Å²) in [4.78, 5) is 21.0. The molecule has 4 rings (SSSR count). The molecular formula is C19H17N5O3. The van der Waals surface area contributed by atoms with E-state index in [4.69, 9.17) is 9.47 Å². The van der Waals surface area contributed by atoms with Crippen LogP contribution in [0.15, 0.2) is 36.5 Å². The molecule has 0 radical (unpaired) electrons. The second-order valence-electron chi connectivity index (χ2n) is 5.86. The van der Waals surface area contributed by atoms with E-state index in [1.54, 1.807) is 44.5 Å². The molecule has 0 aliphatic rings. The van der Waals surface area contributed by atoms with Gasteiger partial charge in [-0.25, -0.2) is 14.8 Å². The molecule has 0 aliphatic carbocycles. The Morgan fingerprint density at radius 3 is 2.85 bits per heavy atom. The Labute approximate surface area is 154 Å². The summed E-state index contributed by atoms with van der Waals surface area (Å²) in [7, 11) is 1.55. The smallest absolute Gasteiger partial charge is 0.338 e. The minimum Gasteiger partial charge on any atom is -0.480 e. The summed E-state index contributed by atoms with van der Waals surface area (Å²) in [5, 5.41) is 8.61. The molecule has 8 heteroatoms. The Bertz CT molecular complexity index is 1170. The number of aryl methyl sites for hydroxylation is 1. The van der Waals surface area contributed by atoms with E-state index in [2.05, 4.69) is 20.2 Å². The molecule has 0 unspecified atom stereocenters. The van der Waals surface area contributed by atoms with E-state index >= 15 is 0 Å². The number of pyridine rings is 1. The van der Waals surface area contributed by atoms with Crippen LogP contribution in [0, 0.1) is 6.92 Å². The maximum absolute atomic E-state index is 12.2. The van der Waals surface area contributed by atoms with Gasteiger partial charge >= 0.3 is 5.97 Å². The Balaban J connectivity index is 2.05. The standard InChI is InChI=1S/C19H17N5O3/c1-4-27-19(25)12-7-8-14-15(10-12)24-16(11(2)21-14)22-23-17(24)13-6-5-9-20-18(13)26-3/h5-10H,4H2,1-3H3. The third kappa shape index (κ3) is 2.75. The summed E-state index contributed by atoms with van der Waals surface area (Å²) < 4.78 is 12.3. The number of hydrogen-bond donors (Lipinski definition) is 0. The summed E-state index contributed by atoms with van der Waals surface area (Å²) in [5.41, 5.74) is 3.89. The van der Waals surface area contributed by atoms with Gasteiger partial charge in [0.15, 0.2) is 11.5 Å². The fourth-order valence-electron chi connectivity index (χ4n) is 3.01. The van der Waals surface area contributed by atoms with Crippen molar-refractivity contribution < 1.29 is 14.3 Å². The highest BCUT2D eigenvalue weighted by Gasteiger charge is 2.19. The lowest BCUT2D eigenvalue weighted by Gasteiger charge is -2.10. The molecule has 0 amide bonds. The Hall–Kier alpha value is -3.55. The number of nitrogens with zero attached hydrogens (tertiary/aromatic N) is 5. The highest BCUT2D eigenvalue weighted by Crippen LogP contribution is 2.29. The van der Waals surface area contributed by atoms with Crippen LogP contribution in [-0.4, -0.2) is 44.3 Å². The van der Waals surface area contributed by atoms with E-state index < -0.39 is 0 Å². The third-order valence-electron chi connectivity index (χ3n) is 4.21. The molecule has 136 valence electrons. The van der Waals surface area contributed by atoms with Crippen LogP contribution in [0.1, 0.15) is 23.0 Å². The number of fused-ring (bicyclic) bond motifs is 3. The average Bonchev–Trinajstić information content (AvgIpc) is 3.14. The number of carbonyl (C=O) groups is 1. The van der Waals surface area contributed by atoms with Crippen LogP contribution in [-0.2, 0) is 4.74 Å². The molecule has 3 heterocycles. The molecule has 4 aromatic rings. The lowest BCUT2D eigenvalue weighted by Crippen LogP contribution is -2.06. The molecule has 0 aliphatic heterocycles. The van der Waals surface area contributed by atoms with Crippen molar-refractivity contribution in [3.63, 3.8) is 0 Å². The Morgan fingerprint density at radius 1 is 1.22 bits per heavy atom. The molecule has 0 spiro atoms. The van der Waals surface area contributed by atoms with E-state index in [9.17, 15) is 4.79 Å². The molecule has 0 saturated carbocycles. The van der Waals surface area contributed by atoms with Gasteiger partial charge in [-0.1, -0.05) is 0 Å². The molecule has 0 fully saturated rings. The molecule has 8 nitrogen and oxygen atoms in total. The highest BCUT2D eigenvalue weighted by atomic mass is 16.5. The number of rotatable bonds is 4. The van der Waals surface area contributed by atoms with Crippen molar-refractivity contribution in [2.45, 2.75) is 13.8 Å². The van der Waals surface area contributed by atoms with Crippen LogP contribution in [0.4, 0.5) is 0 Å². The first-order valence-corrected chi connectivity index (χ1v) is 8.46. The predicted octanol–water partition coefficient (Wildman–Crippen LogP) is 2.83. The fourth-order valence-corrected chi connectivity index (χ4v) is 3.01. The number of benzene rings is 1. The molecular weight excluding hydrogens is 346 g/mol. The summed E-state index contributed by atoms with van der Waals surface area (Å²) in [6.45, 7) is 3.95. The number of methoxy groups -OCH3 is 1. The van der Waals surface area contributed by atoms with E-state index in [0.29, 0.717) is 40.6 Å². The van der Waals surface area contributed by atoms with Crippen molar-refractivity contribution in [1.82, 2.24) is 24.6 Å². The van der Waals surface area contributed by atoms with Gasteiger partial charge in [0, 0.05) is 6.20 Å². The van der Waals surface area contributed by atoms with Crippen molar-refractivity contribution >= 4 is 22.6 Å². The first-order chi connectivity index (χ1) is 13.1. The summed E-state index contributed by atoms with van der Waals surface area (Å²) in [5.74, 6) is 0.615. The molecule has 0 saturated heterocycles. The van der Waals surface area contributed by atoms with Gasteiger partial charge in [-0.05, 0) is 44.2 Å². The van der Waals surface area contributed by atoms with Crippen LogP contribution in [0.25, 0.3) is 28.1 Å². The second kappa shape index (κ2) is 6.64. The van der Waals surface area contributed by atoms with Gasteiger partial charge in [0.05, 0.1) is 41.6 Å². The minimum atomic E-state index is -0.387. The zero-order valence-corrected chi connectivity index (χ0v) is 15.1. The summed E-state index contributed by atoms with van der Waals surface area (Å²) in [6.07, 6.45) is 1.65. The number of ether oxygens (including phenoxy) is 2. The van der Waals surface area contributed by atoms with Crippen LogP contribution < -0.4 is 4.74 Å². The monoisotopic (exact) mass is 363 g/mol. The van der Waals surface area contributed by atoms with Gasteiger partial charge in [-0.2, -0.15) is 0 Å². The topological polar surface area (TPSA) is 91.5 Å². The SMILES string of the molecule is CCOC(=O)c1ccc2nc(C)c3nnc(-c4cccnc4OC)n3c2c1. The number of esters is 1. The van der Waals surface area contributed by atoms with Crippen LogP contribution in [0.3, 0.4) is 0 Å². The lowest BCUT2D eigenvalue weighted by molar-refractivity contribution is 0.0526. The van der Waals surface area contributed by atoms with Gasteiger partial charge in [0.2, 0.25) is 5.88 Å². The number of hydrogen-bond acceptors (Lipinski definition) is 7. The average molecular weight is 363 g/mol. The zero-order chi connectivity index (χ0) is 19.0.